The van der Waals surface area contributed by atoms with Gasteiger partial charge in [-0.15, -0.1) is 0 Å². The molecular weight excluding hydrogens is 1070 g/mol. The second-order valence-corrected chi connectivity index (χ2v) is 23.6. The van der Waals surface area contributed by atoms with Crippen molar-refractivity contribution in [2.24, 2.45) is 0 Å². The van der Waals surface area contributed by atoms with Gasteiger partial charge >= 0.3 is 0 Å². The molecule has 0 amide bonds. The predicted molar refractivity (Wildman–Crippen MR) is 374 cm³/mol. The van der Waals surface area contributed by atoms with Gasteiger partial charge in [0, 0.05) is 34.1 Å². The van der Waals surface area contributed by atoms with Crippen molar-refractivity contribution in [1.82, 2.24) is 0 Å². The van der Waals surface area contributed by atoms with Gasteiger partial charge in [0.15, 0.2) is 0 Å². The lowest BCUT2D eigenvalue weighted by Crippen LogP contribution is -2.25. The molecule has 0 N–H and O–H groups in total. The lowest BCUT2D eigenvalue weighted by atomic mass is 9.70. The van der Waals surface area contributed by atoms with Crippen LogP contribution in [0.1, 0.15) is 22.3 Å². The summed E-state index contributed by atoms with van der Waals surface area (Å²) in [7, 11) is 0. The summed E-state index contributed by atoms with van der Waals surface area (Å²) in [6.07, 6.45) is 0. The van der Waals surface area contributed by atoms with Crippen LogP contribution in [0.25, 0.3) is 99.4 Å². The maximum atomic E-state index is 2.45. The molecule has 1 spiro atoms. The quantitative estimate of drug-likeness (QED) is 0.127. The van der Waals surface area contributed by atoms with Crippen molar-refractivity contribution in [2.45, 2.75) is 5.41 Å². The Labute approximate surface area is 519 Å². The minimum absolute atomic E-state index is 0.506. The molecule has 0 saturated heterocycles. The van der Waals surface area contributed by atoms with Crippen molar-refractivity contribution < 1.29 is 0 Å². The number of rotatable bonds is 11. The van der Waals surface area contributed by atoms with Crippen molar-refractivity contribution in [3.8, 4) is 77.9 Å². The lowest BCUT2D eigenvalue weighted by molar-refractivity contribution is 0.794. The zero-order valence-corrected chi connectivity index (χ0v) is 48.9. The molecule has 2 aliphatic carbocycles. The third-order valence-corrected chi connectivity index (χ3v) is 18.6. The molecule has 416 valence electrons. The van der Waals surface area contributed by atoms with Gasteiger partial charge in [0.2, 0.25) is 0 Å². The average Bonchev–Trinajstić information content (AvgIpc) is 1.51. The standard InChI is InChI=1S/C87H58N2/c1-3-18-59(19-4-1)63-38-46-72(47-39-63)88(74-50-42-65(43-51-74)69-36-34-61-22-7-9-24-67(61)54-69)76-56-71(78-29-17-33-85-86(78)81-28-13-16-32-84(81)87(85)82-30-14-11-26-79(82)80-27-12-15-31-83(80)87)57-77(58-76)89(73-48-40-64(41-49-73)60-20-5-2-6-21-60)75-52-44-66(45-53-75)70-37-35-62-23-8-10-25-68(62)55-70/h1-58H. The lowest BCUT2D eigenvalue weighted by Gasteiger charge is -2.31. The summed E-state index contributed by atoms with van der Waals surface area (Å²) in [4.78, 5) is 4.90. The molecule has 17 rings (SSSR count). The highest BCUT2D eigenvalue weighted by atomic mass is 15.2. The van der Waals surface area contributed by atoms with E-state index in [1.54, 1.807) is 0 Å². The van der Waals surface area contributed by atoms with Crippen molar-refractivity contribution in [2.75, 3.05) is 9.80 Å². The summed E-state index contributed by atoms with van der Waals surface area (Å²) in [6, 6.07) is 130. The van der Waals surface area contributed by atoms with Crippen LogP contribution in [-0.4, -0.2) is 0 Å². The van der Waals surface area contributed by atoms with Crippen molar-refractivity contribution in [3.63, 3.8) is 0 Å². The van der Waals surface area contributed by atoms with E-state index >= 15 is 0 Å². The molecule has 0 aliphatic heterocycles. The first-order chi connectivity index (χ1) is 44.1. The Morgan fingerprint density at radius 1 is 0.169 bits per heavy atom. The van der Waals surface area contributed by atoms with Crippen LogP contribution < -0.4 is 9.80 Å². The van der Waals surface area contributed by atoms with E-state index in [2.05, 4.69) is 362 Å². The predicted octanol–water partition coefficient (Wildman–Crippen LogP) is 23.6. The van der Waals surface area contributed by atoms with Crippen LogP contribution in [0, 0.1) is 0 Å². The Hall–Kier alpha value is -11.6. The topological polar surface area (TPSA) is 6.48 Å². The Morgan fingerprint density at radius 2 is 0.483 bits per heavy atom. The van der Waals surface area contributed by atoms with Gasteiger partial charge < -0.3 is 9.80 Å². The first kappa shape index (κ1) is 51.8. The normalized spacial score (nSPS) is 12.4. The molecular formula is C87H58N2. The summed E-state index contributed by atoms with van der Waals surface area (Å²) < 4.78 is 0. The number of benzene rings is 15. The SMILES string of the molecule is c1ccc(-c2ccc(N(c3ccc(-c4ccc5ccccc5c4)cc3)c3cc(-c4cccc5c4-c4ccccc4C54c5ccccc5-c5ccccc54)cc(N(c4ccc(-c5ccccc5)cc4)c4ccc(-c5ccc6ccccc6c5)cc4)c3)cc2)cc1. The van der Waals surface area contributed by atoms with Gasteiger partial charge in [-0.3, -0.25) is 0 Å². The number of nitrogens with zero attached hydrogens (tertiary/aromatic N) is 2. The molecule has 2 heteroatoms. The van der Waals surface area contributed by atoms with Crippen LogP contribution in [-0.2, 0) is 5.41 Å². The first-order valence-corrected chi connectivity index (χ1v) is 30.8. The smallest absolute Gasteiger partial charge is 0.0725 e. The van der Waals surface area contributed by atoms with Crippen LogP contribution in [0.4, 0.5) is 34.1 Å². The van der Waals surface area contributed by atoms with E-state index in [0.29, 0.717) is 0 Å². The minimum Gasteiger partial charge on any atom is -0.310 e. The molecule has 0 fully saturated rings. The van der Waals surface area contributed by atoms with Crippen molar-refractivity contribution in [3.05, 3.63) is 374 Å². The summed E-state index contributed by atoms with van der Waals surface area (Å²) in [5.41, 5.74) is 27.8. The van der Waals surface area contributed by atoms with Crippen molar-refractivity contribution in [1.29, 1.82) is 0 Å². The maximum Gasteiger partial charge on any atom is 0.0725 e. The van der Waals surface area contributed by atoms with Gasteiger partial charge in [-0.2, -0.15) is 0 Å². The van der Waals surface area contributed by atoms with Gasteiger partial charge in [-0.25, -0.2) is 0 Å². The minimum atomic E-state index is -0.506. The largest absolute Gasteiger partial charge is 0.310 e. The zero-order valence-electron chi connectivity index (χ0n) is 48.9. The molecule has 0 radical (unpaired) electrons. The summed E-state index contributed by atoms with van der Waals surface area (Å²) in [5.74, 6) is 0. The molecule has 15 aromatic carbocycles. The monoisotopic (exact) mass is 1130 g/mol. The first-order valence-electron chi connectivity index (χ1n) is 30.8. The molecule has 0 atom stereocenters. The molecule has 2 aliphatic rings. The highest BCUT2D eigenvalue weighted by molar-refractivity contribution is 6.02. The maximum absolute atomic E-state index is 2.45. The average molecular weight is 1130 g/mol. The molecule has 0 aromatic heterocycles. The fourth-order valence-corrected chi connectivity index (χ4v) is 14.5. The Morgan fingerprint density at radius 3 is 0.921 bits per heavy atom. The molecule has 89 heavy (non-hydrogen) atoms. The number of hydrogen-bond donors (Lipinski definition) is 0. The van der Waals surface area contributed by atoms with Crippen LogP contribution in [0.5, 0.6) is 0 Å². The van der Waals surface area contributed by atoms with E-state index in [0.717, 1.165) is 61.9 Å². The van der Waals surface area contributed by atoms with Gasteiger partial charge in [-0.1, -0.05) is 273 Å². The highest BCUT2D eigenvalue weighted by Gasteiger charge is 2.52. The van der Waals surface area contributed by atoms with E-state index in [4.69, 9.17) is 0 Å². The highest BCUT2D eigenvalue weighted by Crippen LogP contribution is 2.64. The molecule has 0 saturated carbocycles. The van der Waals surface area contributed by atoms with E-state index < -0.39 is 5.41 Å². The van der Waals surface area contributed by atoms with Crippen LogP contribution in [0.2, 0.25) is 0 Å². The number of hydrogen-bond acceptors (Lipinski definition) is 2. The zero-order chi connectivity index (χ0) is 58.8. The van der Waals surface area contributed by atoms with Gasteiger partial charge in [-0.05, 0) is 201 Å². The third kappa shape index (κ3) is 8.79. The Balaban J connectivity index is 0.907. The molecule has 15 aromatic rings. The molecule has 2 nitrogen and oxygen atoms in total. The summed E-state index contributed by atoms with van der Waals surface area (Å²) >= 11 is 0. The van der Waals surface area contributed by atoms with Crippen molar-refractivity contribution >= 4 is 55.7 Å². The van der Waals surface area contributed by atoms with Crippen LogP contribution in [0.15, 0.2) is 352 Å². The molecule has 0 unspecified atom stereocenters. The van der Waals surface area contributed by atoms with E-state index in [1.165, 1.54) is 93.9 Å². The van der Waals surface area contributed by atoms with E-state index in [-0.39, 0.29) is 0 Å². The van der Waals surface area contributed by atoms with Crippen LogP contribution >= 0.6 is 0 Å². The summed E-state index contributed by atoms with van der Waals surface area (Å²) in [5, 5.41) is 4.92. The second-order valence-electron chi connectivity index (χ2n) is 23.6. The Bertz CT molecular complexity index is 4890. The van der Waals surface area contributed by atoms with Gasteiger partial charge in [0.05, 0.1) is 5.41 Å². The van der Waals surface area contributed by atoms with Gasteiger partial charge in [0.1, 0.15) is 0 Å². The summed E-state index contributed by atoms with van der Waals surface area (Å²) in [6.45, 7) is 0. The molecule has 0 heterocycles. The van der Waals surface area contributed by atoms with E-state index in [1.807, 2.05) is 0 Å². The van der Waals surface area contributed by atoms with Gasteiger partial charge in [0.25, 0.3) is 0 Å². The fraction of sp³-hybridized carbons (Fsp3) is 0.0115. The van der Waals surface area contributed by atoms with Crippen LogP contribution in [0.3, 0.4) is 0 Å². The fourth-order valence-electron chi connectivity index (χ4n) is 14.5. The Kier molecular flexibility index (Phi) is 12.5. The van der Waals surface area contributed by atoms with E-state index in [9.17, 15) is 0 Å². The second kappa shape index (κ2) is 21.4. The third-order valence-electron chi connectivity index (χ3n) is 18.6. The molecule has 0 bridgehead atoms. The number of anilines is 6. The number of fused-ring (bicyclic) bond motifs is 12.